The molecule has 1 aromatic rings. The predicted molar refractivity (Wildman–Crippen MR) is 108 cm³/mol. The minimum Gasteiger partial charge on any atom is -0.386 e. The average Bonchev–Trinajstić information content (AvgIpc) is 3.20. The first kappa shape index (κ1) is 23.4. The van der Waals surface area contributed by atoms with Crippen molar-refractivity contribution in [2.75, 3.05) is 13.1 Å². The van der Waals surface area contributed by atoms with Gasteiger partial charge in [-0.15, -0.1) is 12.4 Å². The number of unbranched alkanes of at least 4 members (excludes halogenated alkanes) is 4. The zero-order valence-electron chi connectivity index (χ0n) is 16.1. The van der Waals surface area contributed by atoms with E-state index in [-0.39, 0.29) is 24.2 Å². The number of aromatic nitrogens is 1. The van der Waals surface area contributed by atoms with Crippen molar-refractivity contribution in [3.05, 3.63) is 30.1 Å². The lowest BCUT2D eigenvalue weighted by Crippen LogP contribution is -2.51. The minimum absolute atomic E-state index is 0. The maximum absolute atomic E-state index is 12.8. The molecule has 152 valence electrons. The van der Waals surface area contributed by atoms with Crippen molar-refractivity contribution in [1.82, 2.24) is 15.2 Å². The third-order valence-electron chi connectivity index (χ3n) is 4.87. The number of nitrogens with one attached hydrogen (secondary N) is 1. The van der Waals surface area contributed by atoms with E-state index >= 15 is 0 Å². The number of nitrogens with zero attached hydrogens (tertiary/aromatic N) is 2. The summed E-state index contributed by atoms with van der Waals surface area (Å²) in [5.41, 5.74) is 0.584. The van der Waals surface area contributed by atoms with E-state index in [1.165, 1.54) is 6.42 Å². The van der Waals surface area contributed by atoms with Gasteiger partial charge in [-0.2, -0.15) is 0 Å². The van der Waals surface area contributed by atoms with E-state index in [0.717, 1.165) is 38.5 Å². The van der Waals surface area contributed by atoms with Crippen LogP contribution in [-0.2, 0) is 9.59 Å². The Bertz CT molecular complexity index is 565. The molecule has 2 heterocycles. The average molecular weight is 398 g/mol. The molecule has 0 saturated carbocycles. The number of carbonyl (C=O) groups excluding carboxylic acids is 2. The Hall–Kier alpha value is -1.66. The van der Waals surface area contributed by atoms with Crippen LogP contribution < -0.4 is 5.32 Å². The highest BCUT2D eigenvalue weighted by Crippen LogP contribution is 2.20. The van der Waals surface area contributed by atoms with Crippen LogP contribution in [0.2, 0.25) is 0 Å². The molecular formula is C20H32ClN3O3. The van der Waals surface area contributed by atoms with Gasteiger partial charge in [0.15, 0.2) is 0 Å². The molecule has 0 bridgehead atoms. The molecule has 27 heavy (non-hydrogen) atoms. The van der Waals surface area contributed by atoms with Gasteiger partial charge in [0.05, 0.1) is 0 Å². The highest BCUT2D eigenvalue weighted by atomic mass is 35.5. The SMILES string of the molecule is CCCCCCCC(=O)NC(C(=O)N1CCCC1)C(O)c1ccncc1.Cl. The van der Waals surface area contributed by atoms with Crippen molar-refractivity contribution in [1.29, 1.82) is 0 Å². The van der Waals surface area contributed by atoms with Gasteiger partial charge in [0.1, 0.15) is 12.1 Å². The van der Waals surface area contributed by atoms with Crippen LogP contribution in [0.15, 0.2) is 24.5 Å². The van der Waals surface area contributed by atoms with Crippen LogP contribution in [0.1, 0.15) is 70.0 Å². The van der Waals surface area contributed by atoms with Crippen LogP contribution in [0.5, 0.6) is 0 Å². The van der Waals surface area contributed by atoms with Crippen LogP contribution in [0.4, 0.5) is 0 Å². The van der Waals surface area contributed by atoms with Gasteiger partial charge >= 0.3 is 0 Å². The maximum atomic E-state index is 12.8. The highest BCUT2D eigenvalue weighted by molar-refractivity contribution is 5.88. The molecule has 2 unspecified atom stereocenters. The van der Waals surface area contributed by atoms with Gasteiger partial charge in [-0.3, -0.25) is 14.6 Å². The summed E-state index contributed by atoms with van der Waals surface area (Å²) in [4.78, 5) is 30.9. The first-order chi connectivity index (χ1) is 12.6. The van der Waals surface area contributed by atoms with Gasteiger partial charge < -0.3 is 15.3 Å². The quantitative estimate of drug-likeness (QED) is 0.594. The molecule has 1 saturated heterocycles. The van der Waals surface area contributed by atoms with Gasteiger partial charge in [0.2, 0.25) is 11.8 Å². The highest BCUT2D eigenvalue weighted by Gasteiger charge is 2.33. The molecule has 1 aliphatic rings. The van der Waals surface area contributed by atoms with Crippen molar-refractivity contribution in [2.24, 2.45) is 0 Å². The van der Waals surface area contributed by atoms with Crippen molar-refractivity contribution >= 4 is 24.2 Å². The first-order valence-electron chi connectivity index (χ1n) is 9.79. The molecule has 1 fully saturated rings. The van der Waals surface area contributed by atoms with E-state index in [9.17, 15) is 14.7 Å². The standard InChI is InChI=1S/C20H31N3O3.ClH/c1-2-3-4-5-6-9-17(24)22-18(20(26)23-14-7-8-15-23)19(25)16-10-12-21-13-11-16;/h10-13,18-19,25H,2-9,14-15H2,1H3,(H,22,24);1H. The fourth-order valence-corrected chi connectivity index (χ4v) is 3.30. The topological polar surface area (TPSA) is 82.5 Å². The van der Waals surface area contributed by atoms with Crippen molar-refractivity contribution < 1.29 is 14.7 Å². The number of hydrogen-bond acceptors (Lipinski definition) is 4. The Morgan fingerprint density at radius 1 is 1.15 bits per heavy atom. The summed E-state index contributed by atoms with van der Waals surface area (Å²) >= 11 is 0. The summed E-state index contributed by atoms with van der Waals surface area (Å²) in [6, 6.07) is 2.40. The van der Waals surface area contributed by atoms with Crippen molar-refractivity contribution in [2.45, 2.75) is 70.4 Å². The molecule has 7 heteroatoms. The number of halogens is 1. The molecule has 2 rings (SSSR count). The lowest BCUT2D eigenvalue weighted by Gasteiger charge is -2.28. The number of pyridine rings is 1. The van der Waals surface area contributed by atoms with Crippen LogP contribution in [0.25, 0.3) is 0 Å². The Kier molecular flexibility index (Phi) is 11.0. The summed E-state index contributed by atoms with van der Waals surface area (Å²) in [6.45, 7) is 3.53. The Balaban J connectivity index is 0.00000364. The third-order valence-corrected chi connectivity index (χ3v) is 4.87. The Morgan fingerprint density at radius 3 is 2.41 bits per heavy atom. The zero-order valence-corrected chi connectivity index (χ0v) is 16.9. The van der Waals surface area contributed by atoms with Crippen molar-refractivity contribution in [3.63, 3.8) is 0 Å². The van der Waals surface area contributed by atoms with Crippen LogP contribution >= 0.6 is 12.4 Å². The second-order valence-corrected chi connectivity index (χ2v) is 6.97. The van der Waals surface area contributed by atoms with E-state index in [1.54, 1.807) is 29.4 Å². The molecule has 0 spiro atoms. The molecule has 2 atom stereocenters. The number of hydrogen-bond donors (Lipinski definition) is 2. The Morgan fingerprint density at radius 2 is 1.78 bits per heavy atom. The number of rotatable bonds is 10. The molecule has 2 N–H and O–H groups in total. The number of aliphatic hydroxyl groups excluding tert-OH is 1. The Labute approximate surface area is 168 Å². The van der Waals surface area contributed by atoms with Gasteiger partial charge in [0, 0.05) is 31.9 Å². The molecule has 2 amide bonds. The van der Waals surface area contributed by atoms with Crippen LogP contribution in [-0.4, -0.2) is 45.9 Å². The minimum atomic E-state index is -1.07. The number of likely N-dealkylation sites (tertiary alicyclic amines) is 1. The summed E-state index contributed by atoms with van der Waals surface area (Å²) in [6.07, 6.45) is 9.68. The molecular weight excluding hydrogens is 366 g/mol. The molecule has 0 aromatic carbocycles. The number of aliphatic hydroxyl groups is 1. The fourth-order valence-electron chi connectivity index (χ4n) is 3.30. The van der Waals surface area contributed by atoms with Gasteiger partial charge in [0.25, 0.3) is 0 Å². The fraction of sp³-hybridized carbons (Fsp3) is 0.650. The predicted octanol–water partition coefficient (Wildman–Crippen LogP) is 3.00. The van der Waals surface area contributed by atoms with E-state index in [2.05, 4.69) is 17.2 Å². The summed E-state index contributed by atoms with van der Waals surface area (Å²) < 4.78 is 0. The molecule has 6 nitrogen and oxygen atoms in total. The third kappa shape index (κ3) is 7.46. The smallest absolute Gasteiger partial charge is 0.248 e. The maximum Gasteiger partial charge on any atom is 0.248 e. The van der Waals surface area contributed by atoms with E-state index in [0.29, 0.717) is 25.1 Å². The second-order valence-electron chi connectivity index (χ2n) is 6.97. The molecule has 0 radical (unpaired) electrons. The monoisotopic (exact) mass is 397 g/mol. The second kappa shape index (κ2) is 12.7. The van der Waals surface area contributed by atoms with Crippen molar-refractivity contribution in [3.8, 4) is 0 Å². The molecule has 1 aromatic heterocycles. The zero-order chi connectivity index (χ0) is 18.8. The van der Waals surface area contributed by atoms with Crippen LogP contribution in [0, 0.1) is 0 Å². The number of carbonyl (C=O) groups is 2. The largest absolute Gasteiger partial charge is 0.386 e. The van der Waals surface area contributed by atoms with Gasteiger partial charge in [-0.1, -0.05) is 32.6 Å². The van der Waals surface area contributed by atoms with E-state index < -0.39 is 12.1 Å². The summed E-state index contributed by atoms with van der Waals surface area (Å²) in [5.74, 6) is -0.377. The number of amides is 2. The van der Waals surface area contributed by atoms with Gasteiger partial charge in [-0.25, -0.2) is 0 Å². The lowest BCUT2D eigenvalue weighted by molar-refractivity contribution is -0.139. The van der Waals surface area contributed by atoms with E-state index in [4.69, 9.17) is 0 Å². The van der Waals surface area contributed by atoms with Gasteiger partial charge in [-0.05, 0) is 37.0 Å². The first-order valence-corrected chi connectivity index (χ1v) is 9.79. The normalized spacial score (nSPS) is 15.7. The summed E-state index contributed by atoms with van der Waals surface area (Å²) in [7, 11) is 0. The summed E-state index contributed by atoms with van der Waals surface area (Å²) in [5, 5.41) is 13.5. The molecule has 1 aliphatic heterocycles. The van der Waals surface area contributed by atoms with Crippen LogP contribution in [0.3, 0.4) is 0 Å². The molecule has 0 aliphatic carbocycles. The van der Waals surface area contributed by atoms with E-state index in [1.807, 2.05) is 0 Å². The lowest BCUT2D eigenvalue weighted by atomic mass is 10.0.